The molecule has 4 heteroatoms. The molecule has 2 saturated carbocycles. The standard InChI is InChI=1S/C14H19NO3/c16-14(17)12-4-1-5-13(12)15(10-6-7-10)9-11-3-2-8-18-11/h2-3,8,10,12-13H,1,4-7,9H2,(H,16,17). The van der Waals surface area contributed by atoms with E-state index in [4.69, 9.17) is 4.42 Å². The Kier molecular flexibility index (Phi) is 3.12. The number of hydrogen-bond donors (Lipinski definition) is 1. The number of hydrogen-bond acceptors (Lipinski definition) is 3. The van der Waals surface area contributed by atoms with E-state index in [2.05, 4.69) is 4.90 Å². The van der Waals surface area contributed by atoms with Crippen LogP contribution in [-0.2, 0) is 11.3 Å². The number of rotatable bonds is 5. The molecule has 1 heterocycles. The summed E-state index contributed by atoms with van der Waals surface area (Å²) in [6, 6.07) is 4.63. The summed E-state index contributed by atoms with van der Waals surface area (Å²) in [4.78, 5) is 13.7. The van der Waals surface area contributed by atoms with Crippen LogP contribution >= 0.6 is 0 Å². The van der Waals surface area contributed by atoms with Crippen molar-refractivity contribution in [2.75, 3.05) is 0 Å². The molecule has 2 aliphatic carbocycles. The van der Waals surface area contributed by atoms with Gasteiger partial charge in [0.1, 0.15) is 5.76 Å². The number of carbonyl (C=O) groups is 1. The fourth-order valence-corrected chi connectivity index (χ4v) is 3.13. The van der Waals surface area contributed by atoms with Gasteiger partial charge >= 0.3 is 5.97 Å². The summed E-state index contributed by atoms with van der Waals surface area (Å²) in [6.07, 6.45) is 6.94. The molecule has 0 spiro atoms. The summed E-state index contributed by atoms with van der Waals surface area (Å²) in [7, 11) is 0. The maximum atomic E-state index is 11.3. The van der Waals surface area contributed by atoms with Crippen LogP contribution in [0.2, 0.25) is 0 Å². The normalized spacial score (nSPS) is 27.8. The molecule has 18 heavy (non-hydrogen) atoms. The molecule has 0 saturated heterocycles. The highest BCUT2D eigenvalue weighted by Crippen LogP contribution is 2.38. The van der Waals surface area contributed by atoms with Crippen LogP contribution in [0.15, 0.2) is 22.8 Å². The first-order chi connectivity index (χ1) is 8.75. The molecular weight excluding hydrogens is 230 g/mol. The van der Waals surface area contributed by atoms with E-state index in [0.717, 1.165) is 31.6 Å². The van der Waals surface area contributed by atoms with Gasteiger partial charge in [-0.2, -0.15) is 0 Å². The molecule has 0 amide bonds. The van der Waals surface area contributed by atoms with Gasteiger partial charge in [0, 0.05) is 12.1 Å². The third kappa shape index (κ3) is 2.29. The lowest BCUT2D eigenvalue weighted by Gasteiger charge is -2.30. The van der Waals surface area contributed by atoms with Gasteiger partial charge in [-0.15, -0.1) is 0 Å². The van der Waals surface area contributed by atoms with Gasteiger partial charge in [-0.25, -0.2) is 0 Å². The van der Waals surface area contributed by atoms with Gasteiger partial charge in [0.15, 0.2) is 0 Å². The lowest BCUT2D eigenvalue weighted by Crippen LogP contribution is -2.41. The van der Waals surface area contributed by atoms with Gasteiger partial charge in [-0.3, -0.25) is 9.69 Å². The van der Waals surface area contributed by atoms with Crippen molar-refractivity contribution in [2.45, 2.75) is 50.7 Å². The van der Waals surface area contributed by atoms with Crippen molar-refractivity contribution in [1.29, 1.82) is 0 Å². The molecule has 98 valence electrons. The second-order valence-corrected chi connectivity index (χ2v) is 5.43. The van der Waals surface area contributed by atoms with Crippen LogP contribution in [0.4, 0.5) is 0 Å². The molecule has 3 rings (SSSR count). The molecular formula is C14H19NO3. The second kappa shape index (κ2) is 4.76. The van der Waals surface area contributed by atoms with Crippen LogP contribution < -0.4 is 0 Å². The average molecular weight is 249 g/mol. The predicted octanol–water partition coefficient (Wildman–Crippen LogP) is 2.50. The van der Waals surface area contributed by atoms with E-state index in [-0.39, 0.29) is 12.0 Å². The molecule has 2 fully saturated rings. The highest BCUT2D eigenvalue weighted by molar-refractivity contribution is 5.71. The minimum atomic E-state index is -0.636. The molecule has 2 aliphatic rings. The van der Waals surface area contributed by atoms with Crippen molar-refractivity contribution in [1.82, 2.24) is 4.90 Å². The Balaban J connectivity index is 1.74. The van der Waals surface area contributed by atoms with E-state index in [0.29, 0.717) is 6.04 Å². The SMILES string of the molecule is O=C(O)C1CCCC1N(Cc1ccco1)C1CC1. The number of aliphatic carboxylic acids is 1. The zero-order chi connectivity index (χ0) is 12.5. The molecule has 1 aromatic rings. The molecule has 1 N–H and O–H groups in total. The smallest absolute Gasteiger partial charge is 0.308 e. The number of furan rings is 1. The lowest BCUT2D eigenvalue weighted by atomic mass is 10.0. The van der Waals surface area contributed by atoms with Crippen molar-refractivity contribution < 1.29 is 14.3 Å². The Morgan fingerprint density at radius 1 is 1.39 bits per heavy atom. The van der Waals surface area contributed by atoms with Gasteiger partial charge < -0.3 is 9.52 Å². The largest absolute Gasteiger partial charge is 0.481 e. The average Bonchev–Trinajstić information content (AvgIpc) is 2.88. The van der Waals surface area contributed by atoms with Crippen molar-refractivity contribution >= 4 is 5.97 Å². The summed E-state index contributed by atoms with van der Waals surface area (Å²) in [6.45, 7) is 0.756. The van der Waals surface area contributed by atoms with Gasteiger partial charge in [0.05, 0.1) is 18.7 Å². The predicted molar refractivity (Wildman–Crippen MR) is 66.0 cm³/mol. The van der Waals surface area contributed by atoms with E-state index < -0.39 is 5.97 Å². The lowest BCUT2D eigenvalue weighted by molar-refractivity contribution is -0.143. The van der Waals surface area contributed by atoms with Crippen LogP contribution in [0.1, 0.15) is 37.9 Å². The summed E-state index contributed by atoms with van der Waals surface area (Å²) in [5, 5.41) is 9.31. The van der Waals surface area contributed by atoms with Crippen LogP contribution in [-0.4, -0.2) is 28.1 Å². The zero-order valence-corrected chi connectivity index (χ0v) is 10.4. The number of carboxylic acids is 1. The Labute approximate surface area is 107 Å². The highest BCUT2D eigenvalue weighted by Gasteiger charge is 2.42. The molecule has 4 nitrogen and oxygen atoms in total. The van der Waals surface area contributed by atoms with Gasteiger partial charge in [-0.1, -0.05) is 6.42 Å². The van der Waals surface area contributed by atoms with E-state index in [9.17, 15) is 9.90 Å². The second-order valence-electron chi connectivity index (χ2n) is 5.43. The molecule has 2 unspecified atom stereocenters. The van der Waals surface area contributed by atoms with Crippen LogP contribution in [0.25, 0.3) is 0 Å². The first-order valence-corrected chi connectivity index (χ1v) is 6.76. The number of nitrogens with zero attached hydrogens (tertiary/aromatic N) is 1. The summed E-state index contributed by atoms with van der Waals surface area (Å²) in [5.74, 6) is 0.112. The van der Waals surface area contributed by atoms with Crippen molar-refractivity contribution in [3.8, 4) is 0 Å². The van der Waals surface area contributed by atoms with Gasteiger partial charge in [0.25, 0.3) is 0 Å². The Bertz CT molecular complexity index is 411. The van der Waals surface area contributed by atoms with Crippen molar-refractivity contribution in [3.05, 3.63) is 24.2 Å². The Hall–Kier alpha value is -1.29. The first kappa shape index (κ1) is 11.8. The van der Waals surface area contributed by atoms with E-state index in [1.54, 1.807) is 6.26 Å². The quantitative estimate of drug-likeness (QED) is 0.871. The molecule has 0 aromatic carbocycles. The maximum Gasteiger partial charge on any atom is 0.308 e. The monoisotopic (exact) mass is 249 g/mol. The summed E-state index contributed by atoms with van der Waals surface area (Å²) in [5.41, 5.74) is 0. The van der Waals surface area contributed by atoms with E-state index in [1.165, 1.54) is 12.8 Å². The summed E-state index contributed by atoms with van der Waals surface area (Å²) < 4.78 is 5.41. The maximum absolute atomic E-state index is 11.3. The fraction of sp³-hybridized carbons (Fsp3) is 0.643. The molecule has 1 aromatic heterocycles. The van der Waals surface area contributed by atoms with Gasteiger partial charge in [-0.05, 0) is 37.8 Å². The fourth-order valence-electron chi connectivity index (χ4n) is 3.13. The highest BCUT2D eigenvalue weighted by atomic mass is 16.4. The topological polar surface area (TPSA) is 53.7 Å². The van der Waals surface area contributed by atoms with Gasteiger partial charge in [0.2, 0.25) is 0 Å². The molecule has 0 bridgehead atoms. The van der Waals surface area contributed by atoms with Crippen molar-refractivity contribution in [3.63, 3.8) is 0 Å². The van der Waals surface area contributed by atoms with Crippen LogP contribution in [0.5, 0.6) is 0 Å². The van der Waals surface area contributed by atoms with E-state index >= 15 is 0 Å². The van der Waals surface area contributed by atoms with Crippen molar-refractivity contribution in [2.24, 2.45) is 5.92 Å². The zero-order valence-electron chi connectivity index (χ0n) is 10.4. The Morgan fingerprint density at radius 3 is 2.83 bits per heavy atom. The first-order valence-electron chi connectivity index (χ1n) is 6.76. The number of carboxylic acid groups (broad SMARTS) is 1. The summed E-state index contributed by atoms with van der Waals surface area (Å²) >= 11 is 0. The third-order valence-corrected chi connectivity index (χ3v) is 4.16. The third-order valence-electron chi connectivity index (χ3n) is 4.16. The molecule has 0 aliphatic heterocycles. The Morgan fingerprint density at radius 2 is 2.22 bits per heavy atom. The minimum Gasteiger partial charge on any atom is -0.481 e. The molecule has 0 radical (unpaired) electrons. The van der Waals surface area contributed by atoms with Crippen LogP contribution in [0.3, 0.4) is 0 Å². The van der Waals surface area contributed by atoms with Crippen LogP contribution in [0, 0.1) is 5.92 Å². The molecule has 2 atom stereocenters. The van der Waals surface area contributed by atoms with E-state index in [1.807, 2.05) is 12.1 Å². The minimum absolute atomic E-state index is 0.194.